The fraction of sp³-hybridized carbons (Fsp3) is 0.353. The fourth-order valence-corrected chi connectivity index (χ4v) is 3.04. The van der Waals surface area contributed by atoms with Crippen LogP contribution in [0.4, 0.5) is 4.39 Å². The molecular formula is C17H18FN3O2. The molecular weight excluding hydrogens is 297 g/mol. The number of carbonyl (C=O) groups excluding carboxylic acids is 1. The van der Waals surface area contributed by atoms with Gasteiger partial charge in [0.1, 0.15) is 12.4 Å². The third-order valence-corrected chi connectivity index (χ3v) is 4.15. The molecule has 2 aromatic rings. The molecule has 6 heteroatoms. The topological polar surface area (TPSA) is 66.3 Å². The molecule has 1 amide bonds. The van der Waals surface area contributed by atoms with Gasteiger partial charge in [-0.1, -0.05) is 12.1 Å². The molecule has 0 spiro atoms. The van der Waals surface area contributed by atoms with Crippen molar-refractivity contribution in [3.63, 3.8) is 0 Å². The van der Waals surface area contributed by atoms with Crippen molar-refractivity contribution in [1.29, 1.82) is 0 Å². The number of aliphatic hydroxyl groups is 1. The van der Waals surface area contributed by atoms with Gasteiger partial charge in [-0.15, -0.1) is 0 Å². The molecule has 1 saturated heterocycles. The molecule has 1 unspecified atom stereocenters. The average molecular weight is 315 g/mol. The van der Waals surface area contributed by atoms with Gasteiger partial charge >= 0.3 is 0 Å². The van der Waals surface area contributed by atoms with Crippen LogP contribution in [0.2, 0.25) is 0 Å². The summed E-state index contributed by atoms with van der Waals surface area (Å²) in [5.74, 6) is -0.637. The van der Waals surface area contributed by atoms with E-state index < -0.39 is 6.61 Å². The monoisotopic (exact) mass is 315 g/mol. The van der Waals surface area contributed by atoms with Gasteiger partial charge in [-0.25, -0.2) is 4.39 Å². The molecule has 1 atom stereocenters. The quantitative estimate of drug-likeness (QED) is 0.940. The van der Waals surface area contributed by atoms with E-state index in [4.69, 9.17) is 5.11 Å². The highest BCUT2D eigenvalue weighted by molar-refractivity contribution is 5.77. The van der Waals surface area contributed by atoms with Crippen molar-refractivity contribution in [2.45, 2.75) is 18.8 Å². The number of piperidine rings is 1. The molecule has 1 fully saturated rings. The number of aliphatic hydroxyl groups excluding tert-OH is 1. The number of hydrogen-bond acceptors (Lipinski definition) is 4. The summed E-state index contributed by atoms with van der Waals surface area (Å²) < 4.78 is 14.1. The Morgan fingerprint density at radius 3 is 2.87 bits per heavy atom. The second kappa shape index (κ2) is 6.83. The number of carbonyl (C=O) groups is 1. The molecule has 1 aromatic heterocycles. The lowest BCUT2D eigenvalue weighted by molar-refractivity contribution is -0.135. The standard InChI is InChI=1S/C17H18FN3O2/c18-14-6-2-1-5-13(14)17-16(19-7-8-20-17)12-4-3-9-21(10-12)15(23)11-22/h1-2,5-8,12,22H,3-4,9-11H2. The molecule has 0 bridgehead atoms. The Morgan fingerprint density at radius 2 is 2.09 bits per heavy atom. The molecule has 1 N–H and O–H groups in total. The van der Waals surface area contributed by atoms with Crippen molar-refractivity contribution in [2.24, 2.45) is 0 Å². The average Bonchev–Trinajstić information content (AvgIpc) is 2.61. The highest BCUT2D eigenvalue weighted by Gasteiger charge is 2.28. The first-order valence-electron chi connectivity index (χ1n) is 7.65. The molecule has 0 aliphatic carbocycles. The van der Waals surface area contributed by atoms with Crippen LogP contribution in [0.25, 0.3) is 11.3 Å². The number of halogens is 1. The van der Waals surface area contributed by atoms with Gasteiger partial charge in [-0.2, -0.15) is 0 Å². The van der Waals surface area contributed by atoms with Crippen LogP contribution in [0.5, 0.6) is 0 Å². The molecule has 2 heterocycles. The van der Waals surface area contributed by atoms with Crippen molar-refractivity contribution in [1.82, 2.24) is 14.9 Å². The Labute approximate surface area is 133 Å². The first-order valence-corrected chi connectivity index (χ1v) is 7.65. The number of amides is 1. The summed E-state index contributed by atoms with van der Waals surface area (Å²) in [7, 11) is 0. The predicted molar refractivity (Wildman–Crippen MR) is 83.1 cm³/mol. The minimum absolute atomic E-state index is 0.0115. The van der Waals surface area contributed by atoms with Crippen molar-refractivity contribution < 1.29 is 14.3 Å². The van der Waals surface area contributed by atoms with Crippen molar-refractivity contribution >= 4 is 5.91 Å². The van der Waals surface area contributed by atoms with Crippen LogP contribution in [0.15, 0.2) is 36.7 Å². The van der Waals surface area contributed by atoms with Gasteiger partial charge in [0, 0.05) is 37.0 Å². The van der Waals surface area contributed by atoms with Crippen LogP contribution >= 0.6 is 0 Å². The third kappa shape index (κ3) is 3.22. The normalized spacial score (nSPS) is 18.0. The molecule has 1 aromatic carbocycles. The summed E-state index contributed by atoms with van der Waals surface area (Å²) in [4.78, 5) is 22.1. The number of benzene rings is 1. The Bertz CT molecular complexity index is 708. The Hall–Kier alpha value is -2.34. The maximum Gasteiger partial charge on any atom is 0.248 e. The smallest absolute Gasteiger partial charge is 0.248 e. The van der Waals surface area contributed by atoms with E-state index in [-0.39, 0.29) is 17.6 Å². The van der Waals surface area contributed by atoms with Gasteiger partial charge in [-0.3, -0.25) is 14.8 Å². The van der Waals surface area contributed by atoms with E-state index >= 15 is 0 Å². The van der Waals surface area contributed by atoms with E-state index in [1.807, 2.05) is 0 Å². The van der Waals surface area contributed by atoms with Gasteiger partial charge in [0.05, 0.1) is 11.4 Å². The maximum atomic E-state index is 14.1. The Morgan fingerprint density at radius 1 is 1.30 bits per heavy atom. The minimum atomic E-state index is -0.493. The zero-order chi connectivity index (χ0) is 16.2. The largest absolute Gasteiger partial charge is 0.387 e. The molecule has 5 nitrogen and oxygen atoms in total. The van der Waals surface area contributed by atoms with Crippen LogP contribution in [-0.4, -0.2) is 45.6 Å². The predicted octanol–water partition coefficient (Wildman–Crippen LogP) is 1.98. The highest BCUT2D eigenvalue weighted by Crippen LogP contribution is 2.32. The zero-order valence-electron chi connectivity index (χ0n) is 12.7. The lowest BCUT2D eigenvalue weighted by Crippen LogP contribution is -2.40. The zero-order valence-corrected chi connectivity index (χ0v) is 12.7. The molecule has 3 rings (SSSR count). The summed E-state index contributed by atoms with van der Waals surface area (Å²) >= 11 is 0. The van der Waals surface area contributed by atoms with Gasteiger partial charge in [0.25, 0.3) is 0 Å². The second-order valence-corrected chi connectivity index (χ2v) is 5.61. The highest BCUT2D eigenvalue weighted by atomic mass is 19.1. The first-order chi connectivity index (χ1) is 11.2. The summed E-state index contributed by atoms with van der Waals surface area (Å²) in [6, 6.07) is 6.48. The summed E-state index contributed by atoms with van der Waals surface area (Å²) in [5.41, 5.74) is 1.64. The van der Waals surface area contributed by atoms with Crippen LogP contribution in [0.1, 0.15) is 24.5 Å². The third-order valence-electron chi connectivity index (χ3n) is 4.15. The molecule has 120 valence electrons. The fourth-order valence-electron chi connectivity index (χ4n) is 3.04. The number of likely N-dealkylation sites (tertiary alicyclic amines) is 1. The molecule has 0 saturated carbocycles. The van der Waals surface area contributed by atoms with Crippen LogP contribution in [0.3, 0.4) is 0 Å². The Kier molecular flexibility index (Phi) is 4.62. The van der Waals surface area contributed by atoms with Crippen molar-refractivity contribution in [2.75, 3.05) is 19.7 Å². The van der Waals surface area contributed by atoms with Crippen molar-refractivity contribution in [3.05, 3.63) is 48.2 Å². The van der Waals surface area contributed by atoms with Gasteiger partial charge < -0.3 is 10.0 Å². The van der Waals surface area contributed by atoms with E-state index in [0.29, 0.717) is 30.0 Å². The Balaban J connectivity index is 1.95. The maximum absolute atomic E-state index is 14.1. The summed E-state index contributed by atoms with van der Waals surface area (Å²) in [6.45, 7) is 0.609. The second-order valence-electron chi connectivity index (χ2n) is 5.61. The van der Waals surface area contributed by atoms with Gasteiger partial charge in [0.2, 0.25) is 5.91 Å². The molecule has 0 radical (unpaired) electrons. The minimum Gasteiger partial charge on any atom is -0.387 e. The molecule has 1 aliphatic heterocycles. The summed E-state index contributed by atoms with van der Waals surface area (Å²) in [5, 5.41) is 9.04. The van der Waals surface area contributed by atoms with E-state index in [1.165, 1.54) is 6.07 Å². The number of nitrogens with zero attached hydrogens (tertiary/aromatic N) is 3. The van der Waals surface area contributed by atoms with Gasteiger partial charge in [0.15, 0.2) is 0 Å². The van der Waals surface area contributed by atoms with Crippen LogP contribution < -0.4 is 0 Å². The van der Waals surface area contributed by atoms with Crippen LogP contribution in [0, 0.1) is 5.82 Å². The SMILES string of the molecule is O=C(CO)N1CCCC(c2nccnc2-c2ccccc2F)C1. The summed E-state index contributed by atoms with van der Waals surface area (Å²) in [6.07, 6.45) is 4.82. The molecule has 23 heavy (non-hydrogen) atoms. The molecule has 1 aliphatic rings. The number of aromatic nitrogens is 2. The van der Waals surface area contributed by atoms with E-state index in [2.05, 4.69) is 9.97 Å². The van der Waals surface area contributed by atoms with Crippen molar-refractivity contribution in [3.8, 4) is 11.3 Å². The lowest BCUT2D eigenvalue weighted by Gasteiger charge is -2.32. The first kappa shape index (κ1) is 15.6. The lowest BCUT2D eigenvalue weighted by atomic mass is 9.91. The number of hydrogen-bond donors (Lipinski definition) is 1. The number of rotatable bonds is 3. The van der Waals surface area contributed by atoms with E-state index in [9.17, 15) is 9.18 Å². The van der Waals surface area contributed by atoms with Crippen LogP contribution in [-0.2, 0) is 4.79 Å². The van der Waals surface area contributed by atoms with E-state index in [1.54, 1.807) is 35.5 Å². The van der Waals surface area contributed by atoms with E-state index in [0.717, 1.165) is 12.8 Å². The van der Waals surface area contributed by atoms with Gasteiger partial charge in [-0.05, 0) is 25.0 Å².